The predicted molar refractivity (Wildman–Crippen MR) is 75.3 cm³/mol. The van der Waals surface area contributed by atoms with E-state index >= 15 is 0 Å². The Labute approximate surface area is 118 Å². The van der Waals surface area contributed by atoms with Crippen LogP contribution in [-0.4, -0.2) is 23.9 Å². The lowest BCUT2D eigenvalue weighted by Crippen LogP contribution is -2.42. The summed E-state index contributed by atoms with van der Waals surface area (Å²) in [6, 6.07) is 5.06. The summed E-state index contributed by atoms with van der Waals surface area (Å²) < 4.78 is 0. The number of hydrogen-bond donors (Lipinski definition) is 0. The molecular formula is C14H17Cl2NO. The number of benzene rings is 1. The van der Waals surface area contributed by atoms with E-state index in [1.165, 1.54) is 6.42 Å². The molecule has 1 aromatic carbocycles. The van der Waals surface area contributed by atoms with E-state index in [0.29, 0.717) is 27.4 Å². The van der Waals surface area contributed by atoms with E-state index in [0.717, 1.165) is 13.1 Å². The van der Waals surface area contributed by atoms with Crippen LogP contribution in [0.5, 0.6) is 0 Å². The summed E-state index contributed by atoms with van der Waals surface area (Å²) in [5.41, 5.74) is 0.616. The summed E-state index contributed by atoms with van der Waals surface area (Å²) in [6.45, 7) is 6.02. The van der Waals surface area contributed by atoms with E-state index in [2.05, 4.69) is 13.8 Å². The van der Waals surface area contributed by atoms with Crippen molar-refractivity contribution in [2.75, 3.05) is 13.1 Å². The van der Waals surface area contributed by atoms with Gasteiger partial charge in [0.05, 0.1) is 10.0 Å². The van der Waals surface area contributed by atoms with Gasteiger partial charge in [0.15, 0.2) is 0 Å². The summed E-state index contributed by atoms with van der Waals surface area (Å²) in [6.07, 6.45) is 1.19. The Hall–Kier alpha value is -0.730. The van der Waals surface area contributed by atoms with Crippen molar-refractivity contribution in [1.82, 2.24) is 4.90 Å². The normalized spacial score (nSPS) is 24.1. The minimum Gasteiger partial charge on any atom is -0.338 e. The molecular weight excluding hydrogens is 269 g/mol. The number of halogens is 2. The second-order valence-corrected chi connectivity index (χ2v) is 6.10. The second kappa shape index (κ2) is 5.50. The molecule has 18 heavy (non-hydrogen) atoms. The summed E-state index contributed by atoms with van der Waals surface area (Å²) in [5.74, 6) is 1.16. The highest BCUT2D eigenvalue weighted by molar-refractivity contribution is 6.42. The number of amides is 1. The van der Waals surface area contributed by atoms with Crippen LogP contribution in [0.25, 0.3) is 0 Å². The van der Waals surface area contributed by atoms with Gasteiger partial charge in [0, 0.05) is 18.7 Å². The molecule has 0 spiro atoms. The first-order valence-corrected chi connectivity index (χ1v) is 6.97. The number of carbonyl (C=O) groups is 1. The van der Waals surface area contributed by atoms with Crippen molar-refractivity contribution >= 4 is 29.1 Å². The summed E-state index contributed by atoms with van der Waals surface area (Å²) >= 11 is 11.8. The number of carbonyl (C=O) groups excluding carboxylic acids is 1. The lowest BCUT2D eigenvalue weighted by Gasteiger charge is -2.35. The zero-order valence-electron chi connectivity index (χ0n) is 10.6. The van der Waals surface area contributed by atoms with Gasteiger partial charge in [-0.05, 0) is 36.5 Å². The second-order valence-electron chi connectivity index (χ2n) is 5.29. The highest BCUT2D eigenvalue weighted by Crippen LogP contribution is 2.26. The van der Waals surface area contributed by atoms with Gasteiger partial charge in [0.25, 0.3) is 5.91 Å². The van der Waals surface area contributed by atoms with Gasteiger partial charge >= 0.3 is 0 Å². The minimum atomic E-state index is 0.0481. The van der Waals surface area contributed by atoms with Crippen LogP contribution in [0.2, 0.25) is 10.0 Å². The standard InChI is InChI=1S/C14H17Cl2NO/c1-9-5-10(2)8-17(7-9)14(18)11-3-4-12(15)13(16)6-11/h3-4,6,9-10H,5,7-8H2,1-2H3/t9-,10+. The first kappa shape index (κ1) is 13.7. The van der Waals surface area contributed by atoms with E-state index in [-0.39, 0.29) is 5.91 Å². The Balaban J connectivity index is 2.17. The van der Waals surface area contributed by atoms with Crippen LogP contribution in [0.15, 0.2) is 18.2 Å². The monoisotopic (exact) mass is 285 g/mol. The maximum Gasteiger partial charge on any atom is 0.253 e. The molecule has 98 valence electrons. The van der Waals surface area contributed by atoms with E-state index in [4.69, 9.17) is 23.2 Å². The molecule has 2 rings (SSSR count). The van der Waals surface area contributed by atoms with Crippen LogP contribution in [0.3, 0.4) is 0 Å². The van der Waals surface area contributed by atoms with Crippen molar-refractivity contribution < 1.29 is 4.79 Å². The molecule has 0 radical (unpaired) electrons. The maximum atomic E-state index is 12.4. The molecule has 0 saturated carbocycles. The molecule has 1 aromatic rings. The van der Waals surface area contributed by atoms with Gasteiger partial charge in [-0.3, -0.25) is 4.79 Å². The zero-order valence-corrected chi connectivity index (χ0v) is 12.1. The van der Waals surface area contributed by atoms with E-state index < -0.39 is 0 Å². The van der Waals surface area contributed by atoms with Crippen LogP contribution in [-0.2, 0) is 0 Å². The lowest BCUT2D eigenvalue weighted by molar-refractivity contribution is 0.0623. The average molecular weight is 286 g/mol. The molecule has 0 bridgehead atoms. The van der Waals surface area contributed by atoms with Gasteiger partial charge in [-0.2, -0.15) is 0 Å². The lowest BCUT2D eigenvalue weighted by atomic mass is 9.91. The number of nitrogens with zero attached hydrogens (tertiary/aromatic N) is 1. The molecule has 1 aliphatic heterocycles. The average Bonchev–Trinajstić information content (AvgIpc) is 2.30. The highest BCUT2D eigenvalue weighted by Gasteiger charge is 2.26. The molecule has 1 fully saturated rings. The number of hydrogen-bond acceptors (Lipinski definition) is 1. The molecule has 1 amide bonds. The molecule has 4 heteroatoms. The Bertz CT molecular complexity index is 451. The Morgan fingerprint density at radius 2 is 1.78 bits per heavy atom. The molecule has 2 atom stereocenters. The third-order valence-corrected chi connectivity index (χ3v) is 4.06. The topological polar surface area (TPSA) is 20.3 Å². The van der Waals surface area contributed by atoms with Crippen molar-refractivity contribution in [3.05, 3.63) is 33.8 Å². The predicted octanol–water partition coefficient (Wildman–Crippen LogP) is 4.11. The van der Waals surface area contributed by atoms with Crippen LogP contribution >= 0.6 is 23.2 Å². The van der Waals surface area contributed by atoms with E-state index in [9.17, 15) is 4.79 Å². The highest BCUT2D eigenvalue weighted by atomic mass is 35.5. The SMILES string of the molecule is C[C@@H]1C[C@H](C)CN(C(=O)c2ccc(Cl)c(Cl)c2)C1. The van der Waals surface area contributed by atoms with Gasteiger partial charge < -0.3 is 4.90 Å². The largest absolute Gasteiger partial charge is 0.338 e. The number of rotatable bonds is 1. The van der Waals surface area contributed by atoms with Crippen molar-refractivity contribution in [3.63, 3.8) is 0 Å². The van der Waals surface area contributed by atoms with Crippen LogP contribution in [0.4, 0.5) is 0 Å². The van der Waals surface area contributed by atoms with Crippen LogP contribution in [0, 0.1) is 11.8 Å². The molecule has 1 saturated heterocycles. The van der Waals surface area contributed by atoms with Gasteiger partial charge in [-0.25, -0.2) is 0 Å². The zero-order chi connectivity index (χ0) is 13.3. The molecule has 2 nitrogen and oxygen atoms in total. The third-order valence-electron chi connectivity index (χ3n) is 3.32. The molecule has 0 unspecified atom stereocenters. The fourth-order valence-electron chi connectivity index (χ4n) is 2.64. The Morgan fingerprint density at radius 3 is 2.33 bits per heavy atom. The van der Waals surface area contributed by atoms with Crippen molar-refractivity contribution in [3.8, 4) is 0 Å². The first-order chi connectivity index (χ1) is 8.47. The van der Waals surface area contributed by atoms with Crippen molar-refractivity contribution in [2.24, 2.45) is 11.8 Å². The van der Waals surface area contributed by atoms with Gasteiger partial charge in [-0.15, -0.1) is 0 Å². The molecule has 1 aliphatic rings. The molecule has 0 aromatic heterocycles. The van der Waals surface area contributed by atoms with E-state index in [1.807, 2.05) is 4.90 Å². The minimum absolute atomic E-state index is 0.0481. The quantitative estimate of drug-likeness (QED) is 0.760. The summed E-state index contributed by atoms with van der Waals surface area (Å²) in [5, 5.41) is 0.911. The molecule has 0 N–H and O–H groups in total. The maximum absolute atomic E-state index is 12.4. The molecule has 0 aliphatic carbocycles. The fourth-order valence-corrected chi connectivity index (χ4v) is 2.94. The summed E-state index contributed by atoms with van der Waals surface area (Å²) in [7, 11) is 0. The Morgan fingerprint density at radius 1 is 1.17 bits per heavy atom. The van der Waals surface area contributed by atoms with Crippen molar-refractivity contribution in [2.45, 2.75) is 20.3 Å². The van der Waals surface area contributed by atoms with Gasteiger partial charge in [0.2, 0.25) is 0 Å². The van der Waals surface area contributed by atoms with E-state index in [1.54, 1.807) is 18.2 Å². The molecule has 1 heterocycles. The smallest absolute Gasteiger partial charge is 0.253 e. The number of likely N-dealkylation sites (tertiary alicyclic amines) is 1. The van der Waals surface area contributed by atoms with Crippen LogP contribution < -0.4 is 0 Å². The fraction of sp³-hybridized carbons (Fsp3) is 0.500. The third kappa shape index (κ3) is 2.99. The van der Waals surface area contributed by atoms with Gasteiger partial charge in [0.1, 0.15) is 0 Å². The first-order valence-electron chi connectivity index (χ1n) is 6.21. The Kier molecular flexibility index (Phi) is 4.18. The summed E-state index contributed by atoms with van der Waals surface area (Å²) in [4.78, 5) is 14.3. The van der Waals surface area contributed by atoms with Crippen molar-refractivity contribution in [1.29, 1.82) is 0 Å². The van der Waals surface area contributed by atoms with Gasteiger partial charge in [-0.1, -0.05) is 37.0 Å². The van der Waals surface area contributed by atoms with Crippen LogP contribution in [0.1, 0.15) is 30.6 Å². The number of piperidine rings is 1.